The number of Topliss-reactive ketones (excluding diaryl/α,β-unsaturated/α-hetero) is 3. The second-order valence-corrected chi connectivity index (χ2v) is 31.4. The van der Waals surface area contributed by atoms with E-state index in [-0.39, 0.29) is 98.5 Å². The fourth-order valence-electron chi connectivity index (χ4n) is 14.5. The molecule has 624 valence electrons. The molecule has 8 heterocycles. The predicted octanol–water partition coefficient (Wildman–Crippen LogP) is 14.9. The van der Waals surface area contributed by atoms with Crippen LogP contribution in [0.1, 0.15) is 126 Å². The molecule has 28 heteroatoms. The first-order valence-electron chi connectivity index (χ1n) is 39.8. The average Bonchev–Trinajstić information content (AvgIpc) is 1.64. The molecule has 6 atom stereocenters. The van der Waals surface area contributed by atoms with E-state index in [1.165, 1.54) is 47.3 Å². The van der Waals surface area contributed by atoms with Crippen molar-refractivity contribution < 1.29 is 61.4 Å². The summed E-state index contributed by atoms with van der Waals surface area (Å²) < 4.78 is 48.3. The van der Waals surface area contributed by atoms with Gasteiger partial charge in [0.1, 0.15) is 50.2 Å². The third-order valence-electron chi connectivity index (χ3n) is 20.5. The van der Waals surface area contributed by atoms with Crippen LogP contribution < -0.4 is 32.3 Å². The number of rotatable bonds is 29. The van der Waals surface area contributed by atoms with Crippen molar-refractivity contribution in [3.63, 3.8) is 0 Å². The number of hydrogen-bond donors (Lipinski definition) is 7. The molecule has 0 unspecified atom stereocenters. The monoisotopic (exact) mass is 1750 g/mol. The summed E-state index contributed by atoms with van der Waals surface area (Å²) in [6.07, 6.45) is 16.8. The topological polar surface area (TPSA) is 307 Å². The predicted molar refractivity (Wildman–Crippen MR) is 464 cm³/mol. The van der Waals surface area contributed by atoms with Crippen molar-refractivity contribution in [2.75, 3.05) is 50.3 Å². The molecule has 119 heavy (non-hydrogen) atoms. The normalized spacial score (nSPS) is 16.5. The van der Waals surface area contributed by atoms with Crippen LogP contribution in [0.3, 0.4) is 0 Å². The van der Waals surface area contributed by atoms with Gasteiger partial charge in [-0.15, -0.1) is 0 Å². The molecule has 5 aromatic heterocycles. The van der Waals surface area contributed by atoms with E-state index in [0.717, 1.165) is 99.9 Å². The Morgan fingerprint density at radius 3 is 1.24 bits per heavy atom. The highest BCUT2D eigenvalue weighted by Crippen LogP contribution is 2.32. The van der Waals surface area contributed by atoms with E-state index in [9.17, 15) is 56.3 Å². The molecular weight excluding hydrogens is 1650 g/mol. The number of carbonyl (C=O) groups is 9. The maximum atomic E-state index is 14.5. The van der Waals surface area contributed by atoms with Crippen molar-refractivity contribution >= 4 is 134 Å². The molecule has 14 rings (SSSR count). The van der Waals surface area contributed by atoms with Gasteiger partial charge in [0.2, 0.25) is 29.5 Å². The smallest absolute Gasteiger partial charge is 0.323 e. The number of nitrogen functional groups attached to an aromatic ring is 1. The number of carbonyl (C=O) groups excluding carboxylic acids is 8. The number of amides is 5. The van der Waals surface area contributed by atoms with Gasteiger partial charge in [0.25, 0.3) is 0 Å². The lowest BCUT2D eigenvalue weighted by atomic mass is 10.1. The lowest BCUT2D eigenvalue weighted by Gasteiger charge is -2.24. The number of unbranched alkanes of at least 4 members (excludes halogenated alkanes) is 3. The van der Waals surface area contributed by atoms with Gasteiger partial charge in [-0.05, 0) is 174 Å². The largest absolute Gasteiger partial charge is 0.480 e. The van der Waals surface area contributed by atoms with Crippen LogP contribution in [-0.4, -0.2) is 167 Å². The number of alkyl halides is 3. The Bertz CT molecular complexity index is 5260. The SMILES string of the molecule is CC(=O)c1cn(CC(=O)N2C[C@H](F)C[C@H]2C(=O)NCCCCc2ccccc2)c2ccc(Br)cc12.CC(=O)c1cn(CC(=O)N2C[C@H](F)C[C@H]2C(=O)NCCCCc2ccccc2)c2ccc(Nc3cccnc3)cc12.CC(=O)c1cn(CC(=O)O)c2ccc(Br)cc12.Nc1cccnc1.O=C(NCCCCc1ccccc1)[C@@H]1C[C@@H](F)CN1. The van der Waals surface area contributed by atoms with E-state index in [2.05, 4.69) is 105 Å². The number of carboxylic acid groups (broad SMARTS) is 1. The van der Waals surface area contributed by atoms with Crippen molar-refractivity contribution in [3.05, 3.63) is 256 Å². The van der Waals surface area contributed by atoms with Gasteiger partial charge in [-0.1, -0.05) is 123 Å². The second-order valence-electron chi connectivity index (χ2n) is 29.6. The number of aryl methyl sites for hydroxylation is 3. The van der Waals surface area contributed by atoms with Crippen LogP contribution in [0.25, 0.3) is 32.7 Å². The van der Waals surface area contributed by atoms with Gasteiger partial charge < -0.3 is 60.9 Å². The van der Waals surface area contributed by atoms with Crippen LogP contribution in [0.4, 0.5) is 30.2 Å². The molecular formula is C91H100Br2F3N13O10. The lowest BCUT2D eigenvalue weighted by molar-refractivity contribution is -0.138. The summed E-state index contributed by atoms with van der Waals surface area (Å²) in [5.41, 5.74) is 15.2. The Kier molecular flexibility index (Phi) is 33.8. The van der Waals surface area contributed by atoms with Crippen molar-refractivity contribution in [1.29, 1.82) is 0 Å². The Hall–Kier alpha value is -11.6. The van der Waals surface area contributed by atoms with E-state index >= 15 is 0 Å². The summed E-state index contributed by atoms with van der Waals surface area (Å²) in [5.74, 6) is -2.65. The van der Waals surface area contributed by atoms with Crippen LogP contribution in [-0.2, 0) is 67.7 Å². The lowest BCUT2D eigenvalue weighted by Crippen LogP contribution is -2.47. The number of nitrogens with two attached hydrogens (primary N) is 1. The summed E-state index contributed by atoms with van der Waals surface area (Å²) in [7, 11) is 0. The minimum atomic E-state index is -1.26. The van der Waals surface area contributed by atoms with Gasteiger partial charge in [0.05, 0.1) is 36.7 Å². The molecule has 6 aromatic carbocycles. The maximum Gasteiger partial charge on any atom is 0.323 e. The highest BCUT2D eigenvalue weighted by Gasteiger charge is 2.41. The Morgan fingerprint density at radius 2 is 0.866 bits per heavy atom. The molecule has 0 saturated carbocycles. The number of fused-ring (bicyclic) bond motifs is 3. The van der Waals surface area contributed by atoms with Gasteiger partial charge >= 0.3 is 5.97 Å². The van der Waals surface area contributed by atoms with Crippen LogP contribution in [0.2, 0.25) is 0 Å². The Labute approximate surface area is 706 Å². The van der Waals surface area contributed by atoms with Gasteiger partial charge in [-0.2, -0.15) is 0 Å². The van der Waals surface area contributed by atoms with E-state index in [0.29, 0.717) is 65.9 Å². The molecule has 8 N–H and O–H groups in total. The van der Waals surface area contributed by atoms with Gasteiger partial charge in [0, 0.05) is 147 Å². The molecule has 3 saturated heterocycles. The number of aliphatic carboxylic acids is 1. The molecule has 0 aliphatic carbocycles. The van der Waals surface area contributed by atoms with Crippen LogP contribution >= 0.6 is 31.9 Å². The number of pyridine rings is 2. The first-order valence-corrected chi connectivity index (χ1v) is 41.4. The molecule has 5 amide bonds. The van der Waals surface area contributed by atoms with E-state index in [1.807, 2.05) is 115 Å². The van der Waals surface area contributed by atoms with Crippen molar-refractivity contribution in [2.24, 2.45) is 0 Å². The third-order valence-corrected chi connectivity index (χ3v) is 21.5. The highest BCUT2D eigenvalue weighted by atomic mass is 79.9. The zero-order valence-electron chi connectivity index (χ0n) is 66.7. The molecule has 11 aromatic rings. The summed E-state index contributed by atoms with van der Waals surface area (Å²) in [5, 5.41) is 25.8. The zero-order chi connectivity index (χ0) is 84.9. The standard InChI is InChI=1S/C32H34FN5O3.C27H29BrFN3O3.C15H21FN2O.C12H10BrNO3.C5H6N2/c1-22(39)28-20-37(29-13-12-25(17-27(28)29)36-26-11-7-14-34-18-26)21-31(40)38-19-24(33)16-30(38)32(41)35-15-6-5-10-23-8-3-2-4-9-23;1-18(33)23-16-31(24-11-10-20(28)13-22(23)24)17-26(34)32-15-21(29)14-25(32)27(35)30-12-6-5-9-19-7-3-2-4-8-19;16-13-10-14(18-11-13)15(19)17-9-5-4-8-12-6-2-1-3-7-12;1-7(15)10-5-14(6-12(16)17)11-3-2-8(13)4-9(10)11;6-5-2-1-3-7-4-5/h2-4,7-9,11-14,17-18,20,24,30,36H,5-6,10,15-16,19,21H2,1H3,(H,35,41);2-4,7-8,10-11,13,16,21,25H,5-6,9,12,14-15,17H2,1H3,(H,30,35);1-3,6-7,13-14,18H,4-5,8-11H2,(H,17,19);2-5H,6H2,1H3,(H,16,17);1-4H,6H2/t24-,30+;21-,25+;13-,14+;;/m111../s1. The van der Waals surface area contributed by atoms with Gasteiger partial charge in [-0.3, -0.25) is 53.1 Å². The molecule has 0 radical (unpaired) electrons. The fourth-order valence-corrected chi connectivity index (χ4v) is 15.3. The summed E-state index contributed by atoms with van der Waals surface area (Å²) in [6, 6.07) is 52.4. The highest BCUT2D eigenvalue weighted by molar-refractivity contribution is 9.10. The molecule has 0 spiro atoms. The second kappa shape index (κ2) is 44.8. The number of nitrogens with one attached hydrogen (secondary N) is 5. The van der Waals surface area contributed by atoms with Crippen molar-refractivity contribution in [1.82, 2.24) is 54.7 Å². The Balaban J connectivity index is 0.000000171. The van der Waals surface area contributed by atoms with Gasteiger partial charge in [-0.25, -0.2) is 13.2 Å². The zero-order valence-corrected chi connectivity index (χ0v) is 69.9. The van der Waals surface area contributed by atoms with Crippen LogP contribution in [0.5, 0.6) is 0 Å². The molecule has 3 aliphatic heterocycles. The summed E-state index contributed by atoms with van der Waals surface area (Å²) in [4.78, 5) is 121. The number of hydrogen-bond acceptors (Lipinski definition) is 14. The number of benzene rings is 6. The quantitative estimate of drug-likeness (QED) is 0.0169. The van der Waals surface area contributed by atoms with Crippen molar-refractivity contribution in [2.45, 2.75) is 154 Å². The number of aromatic nitrogens is 5. The molecule has 3 aliphatic rings. The average molecular weight is 1750 g/mol. The first kappa shape index (κ1) is 89.7. The fraction of sp³-hybridized carbons (Fsp3) is 0.330. The number of likely N-dealkylation sites (tertiary alicyclic amines) is 2. The first-order chi connectivity index (χ1) is 57.3. The third kappa shape index (κ3) is 26.7. The molecule has 0 bridgehead atoms. The van der Waals surface area contributed by atoms with E-state index in [4.69, 9.17) is 10.8 Å². The van der Waals surface area contributed by atoms with E-state index in [1.54, 1.807) is 75.3 Å². The number of ketones is 3. The molecule has 3 fully saturated rings. The number of carboxylic acids is 1. The number of nitrogens with zero attached hydrogens (tertiary/aromatic N) is 7. The number of anilines is 3. The summed E-state index contributed by atoms with van der Waals surface area (Å²) >= 11 is 6.76. The summed E-state index contributed by atoms with van der Waals surface area (Å²) in [6.45, 7) is 5.82. The van der Waals surface area contributed by atoms with Crippen molar-refractivity contribution in [3.8, 4) is 0 Å². The minimum absolute atomic E-state index is 0.000340. The van der Waals surface area contributed by atoms with E-state index < -0.39 is 36.6 Å². The van der Waals surface area contributed by atoms with Crippen LogP contribution in [0, 0.1) is 0 Å². The molecule has 23 nitrogen and oxygen atoms in total. The maximum absolute atomic E-state index is 14.5. The number of halogens is 5. The van der Waals surface area contributed by atoms with Gasteiger partial charge in [0.15, 0.2) is 17.3 Å². The van der Waals surface area contributed by atoms with Crippen LogP contribution in [0.15, 0.2) is 222 Å². The Morgan fingerprint density at radius 1 is 0.462 bits per heavy atom. The minimum Gasteiger partial charge on any atom is -0.480 e.